The van der Waals surface area contributed by atoms with Crippen LogP contribution in [0.25, 0.3) is 0 Å². The Labute approximate surface area is 108 Å². The van der Waals surface area contributed by atoms with Gasteiger partial charge in [0, 0.05) is 18.8 Å². The number of aromatic nitrogens is 1. The number of carbonyl (C=O) groups excluding carboxylic acids is 1. The van der Waals surface area contributed by atoms with Crippen molar-refractivity contribution in [3.8, 4) is 0 Å². The lowest BCUT2D eigenvalue weighted by molar-refractivity contribution is -0.123. The van der Waals surface area contributed by atoms with Gasteiger partial charge in [-0.3, -0.25) is 9.78 Å². The molecule has 0 radical (unpaired) electrons. The van der Waals surface area contributed by atoms with Gasteiger partial charge in [0.2, 0.25) is 5.91 Å². The van der Waals surface area contributed by atoms with Crippen LogP contribution in [0.5, 0.6) is 0 Å². The fraction of sp³-hybridized carbons (Fsp3) is 0.571. The van der Waals surface area contributed by atoms with E-state index in [1.165, 1.54) is 12.8 Å². The third-order valence-electron chi connectivity index (χ3n) is 3.41. The van der Waals surface area contributed by atoms with Crippen LogP contribution in [0.4, 0.5) is 0 Å². The van der Waals surface area contributed by atoms with Gasteiger partial charge in [-0.15, -0.1) is 0 Å². The van der Waals surface area contributed by atoms with E-state index in [9.17, 15) is 4.79 Å². The summed E-state index contributed by atoms with van der Waals surface area (Å²) in [5.41, 5.74) is 0.956. The summed E-state index contributed by atoms with van der Waals surface area (Å²) in [7, 11) is 0. The van der Waals surface area contributed by atoms with Crippen molar-refractivity contribution in [1.29, 1.82) is 0 Å². The van der Waals surface area contributed by atoms with Crippen LogP contribution in [0, 0.1) is 0 Å². The average Bonchev–Trinajstić information content (AvgIpc) is 2.90. The molecule has 4 nitrogen and oxygen atoms in total. The Morgan fingerprint density at radius 3 is 2.89 bits per heavy atom. The molecule has 1 aliphatic rings. The lowest BCUT2D eigenvalue weighted by Crippen LogP contribution is -2.45. The first kappa shape index (κ1) is 13.0. The summed E-state index contributed by atoms with van der Waals surface area (Å²) in [5, 5.41) is 6.29. The molecule has 4 heteroatoms. The number of nitrogens with one attached hydrogen (secondary N) is 2. The number of hydrogen-bond donors (Lipinski definition) is 2. The lowest BCUT2D eigenvalue weighted by Gasteiger charge is -2.17. The van der Waals surface area contributed by atoms with E-state index in [1.54, 1.807) is 6.20 Å². The second-order valence-electron chi connectivity index (χ2n) is 4.91. The zero-order chi connectivity index (χ0) is 12.8. The summed E-state index contributed by atoms with van der Waals surface area (Å²) in [6, 6.07) is 6.01. The highest BCUT2D eigenvalue weighted by Crippen LogP contribution is 2.17. The quantitative estimate of drug-likeness (QED) is 0.831. The molecule has 1 saturated carbocycles. The number of carbonyl (C=O) groups is 1. The van der Waals surface area contributed by atoms with Crippen LogP contribution in [-0.2, 0) is 11.3 Å². The number of rotatable bonds is 5. The third kappa shape index (κ3) is 3.81. The van der Waals surface area contributed by atoms with Crippen molar-refractivity contribution in [3.63, 3.8) is 0 Å². The molecule has 0 aromatic carbocycles. The highest BCUT2D eigenvalue weighted by molar-refractivity contribution is 5.81. The average molecular weight is 247 g/mol. The van der Waals surface area contributed by atoms with Gasteiger partial charge >= 0.3 is 0 Å². The second-order valence-corrected chi connectivity index (χ2v) is 4.91. The van der Waals surface area contributed by atoms with Crippen LogP contribution >= 0.6 is 0 Å². The standard InChI is InChI=1S/C14H21N3O/c1-11(14(18)17-12-6-2-3-7-12)16-10-13-8-4-5-9-15-13/h4-5,8-9,11-12,16H,2-3,6-7,10H2,1H3,(H,17,18). The summed E-state index contributed by atoms with van der Waals surface area (Å²) in [6.45, 7) is 2.52. The summed E-state index contributed by atoms with van der Waals surface area (Å²) in [6.07, 6.45) is 6.49. The maximum Gasteiger partial charge on any atom is 0.237 e. The fourth-order valence-electron chi connectivity index (χ4n) is 2.25. The first-order valence-electron chi connectivity index (χ1n) is 6.69. The summed E-state index contributed by atoms with van der Waals surface area (Å²) >= 11 is 0. The molecule has 1 aromatic rings. The number of amides is 1. The van der Waals surface area contributed by atoms with Gasteiger partial charge in [0.05, 0.1) is 11.7 Å². The molecule has 18 heavy (non-hydrogen) atoms. The zero-order valence-electron chi connectivity index (χ0n) is 10.9. The van der Waals surface area contributed by atoms with Gasteiger partial charge < -0.3 is 10.6 Å². The summed E-state index contributed by atoms with van der Waals surface area (Å²) in [5.74, 6) is 0.0952. The highest BCUT2D eigenvalue weighted by Gasteiger charge is 2.20. The lowest BCUT2D eigenvalue weighted by atomic mass is 10.2. The van der Waals surface area contributed by atoms with E-state index >= 15 is 0 Å². The van der Waals surface area contributed by atoms with Crippen LogP contribution in [0.3, 0.4) is 0 Å². The van der Waals surface area contributed by atoms with E-state index in [0.717, 1.165) is 18.5 Å². The van der Waals surface area contributed by atoms with Crippen molar-refractivity contribution < 1.29 is 4.79 Å². The minimum atomic E-state index is -0.174. The van der Waals surface area contributed by atoms with Gasteiger partial charge in [0.1, 0.15) is 0 Å². The Balaban J connectivity index is 1.73. The van der Waals surface area contributed by atoms with Crippen LogP contribution < -0.4 is 10.6 Å². The van der Waals surface area contributed by atoms with E-state index in [1.807, 2.05) is 25.1 Å². The second kappa shape index (κ2) is 6.50. The third-order valence-corrected chi connectivity index (χ3v) is 3.41. The Bertz CT molecular complexity index is 374. The molecule has 0 bridgehead atoms. The number of hydrogen-bond acceptors (Lipinski definition) is 3. The molecule has 1 unspecified atom stereocenters. The molecule has 0 spiro atoms. The maximum atomic E-state index is 11.9. The number of nitrogens with zero attached hydrogens (tertiary/aromatic N) is 1. The van der Waals surface area contributed by atoms with E-state index in [4.69, 9.17) is 0 Å². The summed E-state index contributed by atoms with van der Waals surface area (Å²) in [4.78, 5) is 16.1. The van der Waals surface area contributed by atoms with E-state index < -0.39 is 0 Å². The summed E-state index contributed by atoms with van der Waals surface area (Å²) < 4.78 is 0. The Morgan fingerprint density at radius 1 is 1.44 bits per heavy atom. The molecule has 1 heterocycles. The molecule has 1 amide bonds. The molecule has 1 aromatic heterocycles. The molecule has 0 aliphatic heterocycles. The van der Waals surface area contributed by atoms with Crippen molar-refractivity contribution in [1.82, 2.24) is 15.6 Å². The Kier molecular flexibility index (Phi) is 4.70. The first-order chi connectivity index (χ1) is 8.75. The van der Waals surface area contributed by atoms with Gasteiger partial charge in [-0.05, 0) is 31.9 Å². The minimum absolute atomic E-state index is 0.0952. The number of pyridine rings is 1. The largest absolute Gasteiger partial charge is 0.352 e. The van der Waals surface area contributed by atoms with Gasteiger partial charge in [0.15, 0.2) is 0 Å². The van der Waals surface area contributed by atoms with Crippen molar-refractivity contribution in [2.75, 3.05) is 0 Å². The van der Waals surface area contributed by atoms with Gasteiger partial charge in [0.25, 0.3) is 0 Å². The molecule has 1 atom stereocenters. The monoisotopic (exact) mass is 247 g/mol. The highest BCUT2D eigenvalue weighted by atomic mass is 16.2. The SMILES string of the molecule is CC(NCc1ccccn1)C(=O)NC1CCCC1. The molecule has 1 aliphatic carbocycles. The van der Waals surface area contributed by atoms with Gasteiger partial charge in [-0.25, -0.2) is 0 Å². The normalized spacial score (nSPS) is 17.6. The van der Waals surface area contributed by atoms with Crippen LogP contribution in [0.15, 0.2) is 24.4 Å². The van der Waals surface area contributed by atoms with Crippen LogP contribution in [-0.4, -0.2) is 23.0 Å². The minimum Gasteiger partial charge on any atom is -0.352 e. The van der Waals surface area contributed by atoms with Crippen molar-refractivity contribution in [3.05, 3.63) is 30.1 Å². The molecule has 0 saturated heterocycles. The van der Waals surface area contributed by atoms with E-state index in [2.05, 4.69) is 15.6 Å². The first-order valence-corrected chi connectivity index (χ1v) is 6.69. The predicted octanol–water partition coefficient (Wildman–Crippen LogP) is 1.62. The van der Waals surface area contributed by atoms with Crippen LogP contribution in [0.1, 0.15) is 38.3 Å². The van der Waals surface area contributed by atoms with Gasteiger partial charge in [-0.1, -0.05) is 18.9 Å². The van der Waals surface area contributed by atoms with Crippen molar-refractivity contribution >= 4 is 5.91 Å². The van der Waals surface area contributed by atoms with Gasteiger partial charge in [-0.2, -0.15) is 0 Å². The van der Waals surface area contributed by atoms with E-state index in [-0.39, 0.29) is 11.9 Å². The molecule has 1 fully saturated rings. The fourth-order valence-corrected chi connectivity index (χ4v) is 2.25. The molecular formula is C14H21N3O. The van der Waals surface area contributed by atoms with E-state index in [0.29, 0.717) is 12.6 Å². The zero-order valence-corrected chi connectivity index (χ0v) is 10.9. The van der Waals surface area contributed by atoms with Crippen molar-refractivity contribution in [2.45, 2.75) is 51.2 Å². The molecular weight excluding hydrogens is 226 g/mol. The maximum absolute atomic E-state index is 11.9. The van der Waals surface area contributed by atoms with Crippen molar-refractivity contribution in [2.24, 2.45) is 0 Å². The predicted molar refractivity (Wildman–Crippen MR) is 70.9 cm³/mol. The Morgan fingerprint density at radius 2 is 2.22 bits per heavy atom. The smallest absolute Gasteiger partial charge is 0.237 e. The molecule has 2 rings (SSSR count). The van der Waals surface area contributed by atoms with Crippen LogP contribution in [0.2, 0.25) is 0 Å². The molecule has 98 valence electrons. The topological polar surface area (TPSA) is 54.0 Å². The Hall–Kier alpha value is -1.42. The molecule has 2 N–H and O–H groups in total.